The standard InChI is InChI=1S/C7H7N3O5S2/c8-16(11,12)5-3-1-2-4-6(5)10-7(15-4)17(9,13)14/h1-3H,(H2,8,11,12)(H2,9,13,14). The predicted molar refractivity (Wildman–Crippen MR) is 56.8 cm³/mol. The van der Waals surface area contributed by atoms with Gasteiger partial charge in [0.1, 0.15) is 10.4 Å². The number of sulfonamides is 2. The molecule has 0 unspecified atom stereocenters. The minimum absolute atomic E-state index is 0.0273. The lowest BCUT2D eigenvalue weighted by molar-refractivity contribution is 0.459. The van der Waals surface area contributed by atoms with Crippen LogP contribution in [0.2, 0.25) is 0 Å². The summed E-state index contributed by atoms with van der Waals surface area (Å²) < 4.78 is 49.3. The quantitative estimate of drug-likeness (QED) is 0.728. The van der Waals surface area contributed by atoms with Crippen LogP contribution >= 0.6 is 0 Å². The van der Waals surface area contributed by atoms with E-state index in [4.69, 9.17) is 14.7 Å². The molecule has 0 atom stereocenters. The van der Waals surface area contributed by atoms with E-state index in [1.165, 1.54) is 18.2 Å². The Hall–Kier alpha value is -1.49. The van der Waals surface area contributed by atoms with Crippen molar-refractivity contribution in [3.05, 3.63) is 18.2 Å². The highest BCUT2D eigenvalue weighted by molar-refractivity contribution is 7.89. The maximum absolute atomic E-state index is 11.2. The number of rotatable bonds is 2. The molecule has 0 radical (unpaired) electrons. The molecule has 4 N–H and O–H groups in total. The van der Waals surface area contributed by atoms with Crippen LogP contribution in [0.25, 0.3) is 11.1 Å². The van der Waals surface area contributed by atoms with Gasteiger partial charge in [-0.25, -0.2) is 27.1 Å². The van der Waals surface area contributed by atoms with Crippen molar-refractivity contribution < 1.29 is 21.3 Å². The Labute approximate surface area is 96.3 Å². The largest absolute Gasteiger partial charge is 0.427 e. The van der Waals surface area contributed by atoms with E-state index < -0.39 is 25.3 Å². The number of primary sulfonamides is 2. The summed E-state index contributed by atoms with van der Waals surface area (Å²) >= 11 is 0. The first-order valence-electron chi connectivity index (χ1n) is 4.15. The molecule has 0 aliphatic rings. The van der Waals surface area contributed by atoms with Crippen LogP contribution in [0.1, 0.15) is 0 Å². The van der Waals surface area contributed by atoms with Gasteiger partial charge in [0, 0.05) is 0 Å². The van der Waals surface area contributed by atoms with Gasteiger partial charge in [-0.15, -0.1) is 0 Å². The van der Waals surface area contributed by atoms with Crippen molar-refractivity contribution in [1.82, 2.24) is 4.98 Å². The molecule has 1 heterocycles. The molecule has 0 bridgehead atoms. The summed E-state index contributed by atoms with van der Waals surface area (Å²) in [5.41, 5.74) is -0.195. The Kier molecular flexibility index (Phi) is 2.47. The maximum atomic E-state index is 11.2. The van der Waals surface area contributed by atoms with Gasteiger partial charge in [-0.3, -0.25) is 0 Å². The fraction of sp³-hybridized carbons (Fsp3) is 0. The van der Waals surface area contributed by atoms with Gasteiger partial charge in [0.2, 0.25) is 10.0 Å². The normalized spacial score (nSPS) is 13.1. The third-order valence-electron chi connectivity index (χ3n) is 1.91. The van der Waals surface area contributed by atoms with Crippen LogP contribution in [0, 0.1) is 0 Å². The van der Waals surface area contributed by atoms with E-state index >= 15 is 0 Å². The minimum atomic E-state index is -4.14. The molecule has 0 amide bonds. The van der Waals surface area contributed by atoms with Crippen LogP contribution in [0.3, 0.4) is 0 Å². The first-order chi connectivity index (χ1) is 7.69. The molecule has 1 aromatic heterocycles. The molecule has 0 aliphatic carbocycles. The number of fused-ring (bicyclic) bond motifs is 1. The van der Waals surface area contributed by atoms with Crippen LogP contribution in [0.4, 0.5) is 0 Å². The van der Waals surface area contributed by atoms with E-state index in [0.717, 1.165) is 0 Å². The van der Waals surface area contributed by atoms with Gasteiger partial charge in [-0.1, -0.05) is 6.07 Å². The number of para-hydroxylation sites is 1. The van der Waals surface area contributed by atoms with Crippen molar-refractivity contribution in [2.75, 3.05) is 0 Å². The Morgan fingerprint density at radius 1 is 1.06 bits per heavy atom. The minimum Gasteiger partial charge on any atom is -0.427 e. The van der Waals surface area contributed by atoms with Crippen LogP contribution in [-0.4, -0.2) is 21.8 Å². The molecule has 92 valence electrons. The summed E-state index contributed by atoms with van der Waals surface area (Å²) in [6.07, 6.45) is 0. The second kappa shape index (κ2) is 3.50. The zero-order chi connectivity index (χ0) is 12.8. The molecule has 0 fully saturated rings. The van der Waals surface area contributed by atoms with Crippen molar-refractivity contribution in [2.24, 2.45) is 10.3 Å². The zero-order valence-corrected chi connectivity index (χ0v) is 9.82. The number of nitrogens with two attached hydrogens (primary N) is 2. The summed E-state index contributed by atoms with van der Waals surface area (Å²) in [7, 11) is -8.16. The fourth-order valence-electron chi connectivity index (χ4n) is 1.25. The number of benzene rings is 1. The third kappa shape index (κ3) is 2.15. The topological polar surface area (TPSA) is 146 Å². The maximum Gasteiger partial charge on any atom is 0.331 e. The van der Waals surface area contributed by atoms with E-state index in [2.05, 4.69) is 4.98 Å². The number of hydrogen-bond acceptors (Lipinski definition) is 6. The first kappa shape index (κ1) is 12.0. The van der Waals surface area contributed by atoms with Crippen molar-refractivity contribution in [3.8, 4) is 0 Å². The predicted octanol–water partition coefficient (Wildman–Crippen LogP) is -0.877. The van der Waals surface area contributed by atoms with Crippen LogP contribution in [0.15, 0.2) is 32.7 Å². The number of hydrogen-bond donors (Lipinski definition) is 2. The smallest absolute Gasteiger partial charge is 0.331 e. The van der Waals surface area contributed by atoms with Gasteiger partial charge in [0.15, 0.2) is 5.58 Å². The van der Waals surface area contributed by atoms with Gasteiger partial charge in [-0.05, 0) is 12.1 Å². The molecule has 1 aromatic carbocycles. The monoisotopic (exact) mass is 277 g/mol. The molecule has 0 saturated heterocycles. The zero-order valence-electron chi connectivity index (χ0n) is 8.19. The van der Waals surface area contributed by atoms with Crippen molar-refractivity contribution in [1.29, 1.82) is 0 Å². The summed E-state index contributed by atoms with van der Waals surface area (Å²) in [6, 6.07) is 3.89. The van der Waals surface area contributed by atoms with Crippen LogP contribution in [0.5, 0.6) is 0 Å². The highest BCUT2D eigenvalue weighted by Crippen LogP contribution is 2.23. The van der Waals surface area contributed by atoms with Crippen LogP contribution in [-0.2, 0) is 20.0 Å². The average molecular weight is 277 g/mol. The molecule has 0 saturated carbocycles. The van der Waals surface area contributed by atoms with E-state index in [-0.39, 0.29) is 16.0 Å². The van der Waals surface area contributed by atoms with Crippen LogP contribution < -0.4 is 10.3 Å². The second-order valence-corrected chi connectivity index (χ2v) is 6.14. The molecule has 8 nitrogen and oxygen atoms in total. The molecule has 2 rings (SSSR count). The highest BCUT2D eigenvalue weighted by atomic mass is 32.2. The van der Waals surface area contributed by atoms with Gasteiger partial charge in [0.25, 0.3) is 10.0 Å². The lowest BCUT2D eigenvalue weighted by Crippen LogP contribution is -2.13. The van der Waals surface area contributed by atoms with Crippen molar-refractivity contribution in [3.63, 3.8) is 0 Å². The fourth-order valence-corrected chi connectivity index (χ4v) is 2.36. The molecule has 0 aliphatic heterocycles. The Bertz CT molecular complexity index is 790. The number of oxazole rings is 1. The van der Waals surface area contributed by atoms with Crippen molar-refractivity contribution in [2.45, 2.75) is 10.1 Å². The lowest BCUT2D eigenvalue weighted by Gasteiger charge is -1.96. The Morgan fingerprint density at radius 3 is 2.24 bits per heavy atom. The molecule has 0 spiro atoms. The van der Waals surface area contributed by atoms with Gasteiger partial charge in [0.05, 0.1) is 0 Å². The second-order valence-electron chi connectivity index (χ2n) is 3.17. The van der Waals surface area contributed by atoms with Gasteiger partial charge in [-0.2, -0.15) is 4.98 Å². The summed E-state index contributed by atoms with van der Waals surface area (Å²) in [5, 5.41) is 9.01. The number of aromatic nitrogens is 1. The Morgan fingerprint density at radius 2 is 1.71 bits per heavy atom. The van der Waals surface area contributed by atoms with Gasteiger partial charge < -0.3 is 4.42 Å². The third-order valence-corrected chi connectivity index (χ3v) is 3.52. The van der Waals surface area contributed by atoms with Crippen molar-refractivity contribution >= 4 is 31.1 Å². The van der Waals surface area contributed by atoms with Gasteiger partial charge >= 0.3 is 5.22 Å². The SMILES string of the molecule is NS(=O)(=O)c1nc2c(S(N)(=O)=O)cccc2o1. The molecule has 10 heteroatoms. The first-order valence-corrected chi connectivity index (χ1v) is 7.24. The van der Waals surface area contributed by atoms with E-state index in [1.54, 1.807) is 0 Å². The summed E-state index contributed by atoms with van der Waals surface area (Å²) in [4.78, 5) is 3.19. The molecular weight excluding hydrogens is 270 g/mol. The van der Waals surface area contributed by atoms with E-state index in [0.29, 0.717) is 0 Å². The van der Waals surface area contributed by atoms with E-state index in [1.807, 2.05) is 0 Å². The lowest BCUT2D eigenvalue weighted by atomic mass is 10.3. The molecule has 17 heavy (non-hydrogen) atoms. The molecule has 2 aromatic rings. The number of nitrogens with zero attached hydrogens (tertiary/aromatic N) is 1. The highest BCUT2D eigenvalue weighted by Gasteiger charge is 2.21. The summed E-state index contributed by atoms with van der Waals surface area (Å²) in [5.74, 6) is 0. The summed E-state index contributed by atoms with van der Waals surface area (Å²) in [6.45, 7) is 0. The Balaban J connectivity index is 2.88. The molecular formula is C7H7N3O5S2. The average Bonchev–Trinajstić information content (AvgIpc) is 2.57. The van der Waals surface area contributed by atoms with E-state index in [9.17, 15) is 16.8 Å².